The van der Waals surface area contributed by atoms with Gasteiger partial charge in [0, 0.05) is 6.54 Å². The summed E-state index contributed by atoms with van der Waals surface area (Å²) in [6.07, 6.45) is 5.52. The van der Waals surface area contributed by atoms with Gasteiger partial charge in [-0.3, -0.25) is 4.79 Å². The molecule has 2 N–H and O–H groups in total. The molecule has 12 heavy (non-hydrogen) atoms. The Hall–Kier alpha value is -0.830. The van der Waals surface area contributed by atoms with Crippen LogP contribution in [0.3, 0.4) is 0 Å². The predicted molar refractivity (Wildman–Crippen MR) is 44.9 cm³/mol. The van der Waals surface area contributed by atoms with Crippen LogP contribution in [0.5, 0.6) is 0 Å². The second-order valence-corrected chi connectivity index (χ2v) is 3.51. The van der Waals surface area contributed by atoms with Crippen molar-refractivity contribution in [1.82, 2.24) is 5.32 Å². The van der Waals surface area contributed by atoms with Gasteiger partial charge >= 0.3 is 5.97 Å². The van der Waals surface area contributed by atoms with Crippen molar-refractivity contribution >= 4 is 5.97 Å². The fourth-order valence-corrected chi connectivity index (χ4v) is 2.15. The molecular formula is C9H13NO2. The zero-order valence-corrected chi connectivity index (χ0v) is 6.92. The summed E-state index contributed by atoms with van der Waals surface area (Å²) in [4.78, 5) is 10.8. The van der Waals surface area contributed by atoms with Crippen molar-refractivity contribution in [2.24, 2.45) is 5.92 Å². The van der Waals surface area contributed by atoms with Gasteiger partial charge < -0.3 is 10.4 Å². The standard InChI is InChI=1S/C9H13NO2/c11-9(12)8-7-4-2-1-3-6(7)5-10-8/h4,6,8,10H,1-3,5H2,(H,11,12). The number of allylic oxidation sites excluding steroid dienone is 1. The molecule has 2 unspecified atom stereocenters. The maximum Gasteiger partial charge on any atom is 0.325 e. The Labute approximate surface area is 71.5 Å². The van der Waals surface area contributed by atoms with Crippen molar-refractivity contribution in [2.75, 3.05) is 6.54 Å². The smallest absolute Gasteiger partial charge is 0.325 e. The molecule has 1 saturated heterocycles. The van der Waals surface area contributed by atoms with Crippen molar-refractivity contribution in [1.29, 1.82) is 0 Å². The number of rotatable bonds is 1. The van der Waals surface area contributed by atoms with Crippen molar-refractivity contribution in [2.45, 2.75) is 25.3 Å². The third-order valence-corrected chi connectivity index (χ3v) is 2.76. The molecule has 3 heteroatoms. The van der Waals surface area contributed by atoms with E-state index in [9.17, 15) is 4.79 Å². The van der Waals surface area contributed by atoms with Crippen LogP contribution >= 0.6 is 0 Å². The van der Waals surface area contributed by atoms with Gasteiger partial charge in [-0.25, -0.2) is 0 Å². The summed E-state index contributed by atoms with van der Waals surface area (Å²) in [5.74, 6) is -0.231. The van der Waals surface area contributed by atoms with Gasteiger partial charge in [-0.05, 0) is 30.8 Å². The van der Waals surface area contributed by atoms with Gasteiger partial charge in [-0.1, -0.05) is 6.08 Å². The average Bonchev–Trinajstić information content (AvgIpc) is 2.47. The van der Waals surface area contributed by atoms with E-state index in [1.807, 2.05) is 0 Å². The molecule has 0 saturated carbocycles. The van der Waals surface area contributed by atoms with Crippen LogP contribution in [0.4, 0.5) is 0 Å². The second kappa shape index (κ2) is 2.90. The molecule has 3 nitrogen and oxygen atoms in total. The van der Waals surface area contributed by atoms with Crippen LogP contribution in [0, 0.1) is 5.92 Å². The maximum absolute atomic E-state index is 10.8. The number of carboxylic acid groups (broad SMARTS) is 1. The third-order valence-electron chi connectivity index (χ3n) is 2.76. The minimum atomic E-state index is -0.731. The predicted octanol–water partition coefficient (Wildman–Crippen LogP) is 0.769. The van der Waals surface area contributed by atoms with E-state index in [1.54, 1.807) is 0 Å². The summed E-state index contributed by atoms with van der Waals surface area (Å²) in [6.45, 7) is 0.850. The molecular weight excluding hydrogens is 154 g/mol. The van der Waals surface area contributed by atoms with Gasteiger partial charge in [0.15, 0.2) is 0 Å². The van der Waals surface area contributed by atoms with E-state index in [0.29, 0.717) is 5.92 Å². The number of aliphatic carboxylic acids is 1. The largest absolute Gasteiger partial charge is 0.480 e. The quantitative estimate of drug-likeness (QED) is 0.567. The highest BCUT2D eigenvalue weighted by Gasteiger charge is 2.35. The first kappa shape index (κ1) is 7.80. The van der Waals surface area contributed by atoms with Crippen LogP contribution in [-0.2, 0) is 4.79 Å². The van der Waals surface area contributed by atoms with E-state index in [0.717, 1.165) is 25.0 Å². The summed E-state index contributed by atoms with van der Waals surface area (Å²) >= 11 is 0. The Kier molecular flexibility index (Phi) is 1.89. The van der Waals surface area contributed by atoms with E-state index < -0.39 is 12.0 Å². The minimum Gasteiger partial charge on any atom is -0.480 e. The lowest BCUT2D eigenvalue weighted by Gasteiger charge is -2.17. The molecule has 0 aromatic heterocycles. The molecule has 2 rings (SSSR count). The molecule has 1 aliphatic heterocycles. The third kappa shape index (κ3) is 1.14. The molecule has 1 aliphatic carbocycles. The molecule has 2 aliphatic rings. The van der Waals surface area contributed by atoms with Gasteiger partial charge in [0.05, 0.1) is 0 Å². The first-order valence-electron chi connectivity index (χ1n) is 4.45. The molecule has 0 bridgehead atoms. The van der Waals surface area contributed by atoms with E-state index in [1.165, 1.54) is 6.42 Å². The highest BCUT2D eigenvalue weighted by Crippen LogP contribution is 2.30. The summed E-state index contributed by atoms with van der Waals surface area (Å²) < 4.78 is 0. The van der Waals surface area contributed by atoms with E-state index in [-0.39, 0.29) is 0 Å². The molecule has 0 spiro atoms. The maximum atomic E-state index is 10.8. The Balaban J connectivity index is 2.20. The van der Waals surface area contributed by atoms with Crippen molar-refractivity contribution in [3.63, 3.8) is 0 Å². The molecule has 66 valence electrons. The van der Waals surface area contributed by atoms with Crippen molar-refractivity contribution in [3.8, 4) is 0 Å². The molecule has 0 radical (unpaired) electrons. The number of hydrogen-bond acceptors (Lipinski definition) is 2. The monoisotopic (exact) mass is 167 g/mol. The molecule has 0 amide bonds. The lowest BCUT2D eigenvalue weighted by Crippen LogP contribution is -2.31. The van der Waals surface area contributed by atoms with Gasteiger partial charge in [0.2, 0.25) is 0 Å². The Bertz CT molecular complexity index is 235. The van der Waals surface area contributed by atoms with Crippen molar-refractivity contribution in [3.05, 3.63) is 11.6 Å². The number of carbonyl (C=O) groups is 1. The topological polar surface area (TPSA) is 49.3 Å². The van der Waals surface area contributed by atoms with Crippen LogP contribution in [0.25, 0.3) is 0 Å². The van der Waals surface area contributed by atoms with Crippen LogP contribution < -0.4 is 5.32 Å². The molecule has 1 fully saturated rings. The zero-order chi connectivity index (χ0) is 8.55. The van der Waals surface area contributed by atoms with Crippen LogP contribution in [0.15, 0.2) is 11.6 Å². The van der Waals surface area contributed by atoms with Crippen LogP contribution in [-0.4, -0.2) is 23.7 Å². The Morgan fingerprint density at radius 2 is 2.50 bits per heavy atom. The van der Waals surface area contributed by atoms with E-state index >= 15 is 0 Å². The molecule has 0 aromatic rings. The van der Waals surface area contributed by atoms with Crippen LogP contribution in [0.1, 0.15) is 19.3 Å². The summed E-state index contributed by atoms with van der Waals surface area (Å²) in [7, 11) is 0. The second-order valence-electron chi connectivity index (χ2n) is 3.51. The van der Waals surface area contributed by atoms with Crippen molar-refractivity contribution < 1.29 is 9.90 Å². The van der Waals surface area contributed by atoms with Gasteiger partial charge in [0.1, 0.15) is 6.04 Å². The SMILES string of the molecule is O=C(O)C1NCC2CCCC=C21. The number of fused-ring (bicyclic) bond motifs is 1. The minimum absolute atomic E-state index is 0.393. The van der Waals surface area contributed by atoms with Gasteiger partial charge in [0.25, 0.3) is 0 Å². The Morgan fingerprint density at radius 3 is 3.25 bits per heavy atom. The fourth-order valence-electron chi connectivity index (χ4n) is 2.15. The number of hydrogen-bond donors (Lipinski definition) is 2. The zero-order valence-electron chi connectivity index (χ0n) is 6.92. The summed E-state index contributed by atoms with van der Waals surface area (Å²) in [5.41, 5.74) is 1.12. The first-order chi connectivity index (χ1) is 5.79. The van der Waals surface area contributed by atoms with Gasteiger partial charge in [-0.2, -0.15) is 0 Å². The van der Waals surface area contributed by atoms with E-state index in [4.69, 9.17) is 5.11 Å². The van der Waals surface area contributed by atoms with Gasteiger partial charge in [-0.15, -0.1) is 0 Å². The summed E-state index contributed by atoms with van der Waals surface area (Å²) in [6, 6.07) is -0.393. The Morgan fingerprint density at radius 1 is 1.67 bits per heavy atom. The average molecular weight is 167 g/mol. The number of carboxylic acids is 1. The highest BCUT2D eigenvalue weighted by molar-refractivity contribution is 5.78. The summed E-state index contributed by atoms with van der Waals surface area (Å²) in [5, 5.41) is 11.9. The molecule has 2 atom stereocenters. The lowest BCUT2D eigenvalue weighted by molar-refractivity contribution is -0.138. The first-order valence-corrected chi connectivity index (χ1v) is 4.45. The molecule has 0 aromatic carbocycles. The van der Waals surface area contributed by atoms with E-state index in [2.05, 4.69) is 11.4 Å². The lowest BCUT2D eigenvalue weighted by atomic mass is 9.87. The highest BCUT2D eigenvalue weighted by atomic mass is 16.4. The van der Waals surface area contributed by atoms with Crippen LogP contribution in [0.2, 0.25) is 0 Å². The number of nitrogens with one attached hydrogen (secondary N) is 1. The normalized spacial score (nSPS) is 34.2. The fraction of sp³-hybridized carbons (Fsp3) is 0.667. The molecule has 1 heterocycles.